The number of nitrogens with zero attached hydrogens (tertiary/aromatic N) is 1. The number of thioether (sulfide) groups is 1. The summed E-state index contributed by atoms with van der Waals surface area (Å²) in [5, 5.41) is 11.4. The Kier molecular flexibility index (Phi) is 4.83. The fourth-order valence-electron chi connectivity index (χ4n) is 1.09. The summed E-state index contributed by atoms with van der Waals surface area (Å²) in [6.45, 7) is 0. The van der Waals surface area contributed by atoms with Gasteiger partial charge >= 0.3 is 0 Å². The minimum absolute atomic E-state index is 0.0534. The van der Waals surface area contributed by atoms with Gasteiger partial charge in [0.2, 0.25) is 0 Å². The van der Waals surface area contributed by atoms with Crippen LogP contribution in [-0.2, 0) is 9.84 Å². The summed E-state index contributed by atoms with van der Waals surface area (Å²) in [6, 6.07) is 7.05. The molecule has 0 saturated heterocycles. The van der Waals surface area contributed by atoms with Crippen LogP contribution in [0.2, 0.25) is 0 Å². The summed E-state index contributed by atoms with van der Waals surface area (Å²) >= 11 is 1.45. The van der Waals surface area contributed by atoms with Gasteiger partial charge in [-0.1, -0.05) is 17.3 Å². The van der Waals surface area contributed by atoms with E-state index in [9.17, 15) is 8.42 Å². The van der Waals surface area contributed by atoms with Gasteiger partial charge in [-0.15, -0.1) is 11.8 Å². The van der Waals surface area contributed by atoms with Gasteiger partial charge < -0.3 is 10.9 Å². The molecule has 0 aliphatic carbocycles. The van der Waals surface area contributed by atoms with Gasteiger partial charge in [-0.25, -0.2) is 8.42 Å². The molecule has 0 aliphatic heterocycles. The van der Waals surface area contributed by atoms with Gasteiger partial charge in [-0.3, -0.25) is 0 Å². The van der Waals surface area contributed by atoms with Crippen LogP contribution in [0, 0.1) is 0 Å². The Hall–Kier alpha value is -1.21. The van der Waals surface area contributed by atoms with Gasteiger partial charge in [0.1, 0.15) is 9.84 Å². The lowest BCUT2D eigenvalue weighted by molar-refractivity contribution is 0.318. The second-order valence-corrected chi connectivity index (χ2v) is 6.92. The largest absolute Gasteiger partial charge is 0.409 e. The summed E-state index contributed by atoms with van der Waals surface area (Å²) in [4.78, 5) is 0.947. The van der Waals surface area contributed by atoms with E-state index < -0.39 is 9.84 Å². The molecule has 1 rings (SSSR count). The van der Waals surface area contributed by atoms with Gasteiger partial charge in [-0.05, 0) is 12.1 Å². The van der Waals surface area contributed by atoms with E-state index in [0.29, 0.717) is 11.3 Å². The third-order valence-electron chi connectivity index (χ3n) is 1.98. The van der Waals surface area contributed by atoms with Crippen LogP contribution < -0.4 is 5.73 Å². The van der Waals surface area contributed by atoms with E-state index >= 15 is 0 Å². The summed E-state index contributed by atoms with van der Waals surface area (Å²) in [5.41, 5.74) is 6.04. The number of sulfone groups is 1. The first-order chi connectivity index (χ1) is 7.92. The average molecular weight is 274 g/mol. The van der Waals surface area contributed by atoms with Gasteiger partial charge in [0.25, 0.3) is 0 Å². The van der Waals surface area contributed by atoms with Crippen LogP contribution in [0.4, 0.5) is 0 Å². The molecule has 17 heavy (non-hydrogen) atoms. The number of amidine groups is 1. The maximum absolute atomic E-state index is 10.9. The zero-order valence-corrected chi connectivity index (χ0v) is 11.0. The molecule has 1 aromatic carbocycles. The molecule has 0 saturated carbocycles. The van der Waals surface area contributed by atoms with Crippen LogP contribution in [0.1, 0.15) is 5.56 Å². The number of oxime groups is 1. The molecule has 0 amide bonds. The quantitative estimate of drug-likeness (QED) is 0.274. The first-order valence-electron chi connectivity index (χ1n) is 4.81. The van der Waals surface area contributed by atoms with E-state index in [0.717, 1.165) is 4.90 Å². The minimum atomic E-state index is -2.91. The molecule has 3 N–H and O–H groups in total. The smallest absolute Gasteiger partial charge is 0.170 e. The highest BCUT2D eigenvalue weighted by Crippen LogP contribution is 2.18. The van der Waals surface area contributed by atoms with Gasteiger partial charge in [-0.2, -0.15) is 0 Å². The van der Waals surface area contributed by atoms with Gasteiger partial charge in [0, 0.05) is 22.5 Å². The SMILES string of the molecule is CS(=O)(=O)CCSc1ccc(C(N)=NO)cc1. The van der Waals surface area contributed by atoms with Crippen LogP contribution >= 0.6 is 11.8 Å². The number of benzene rings is 1. The average Bonchev–Trinajstić information content (AvgIpc) is 2.27. The number of nitrogens with two attached hydrogens (primary N) is 1. The molecule has 0 heterocycles. The summed E-state index contributed by atoms with van der Waals surface area (Å²) in [5.74, 6) is 0.721. The van der Waals surface area contributed by atoms with E-state index in [2.05, 4.69) is 5.16 Å². The highest BCUT2D eigenvalue weighted by Gasteiger charge is 2.03. The fraction of sp³-hybridized carbons (Fsp3) is 0.300. The van der Waals surface area contributed by atoms with Crippen molar-refractivity contribution in [1.29, 1.82) is 0 Å². The molecule has 0 fully saturated rings. The first kappa shape index (κ1) is 13.9. The molecule has 94 valence electrons. The zero-order chi connectivity index (χ0) is 12.9. The second-order valence-electron chi connectivity index (χ2n) is 3.49. The zero-order valence-electron chi connectivity index (χ0n) is 9.33. The van der Waals surface area contributed by atoms with E-state index in [4.69, 9.17) is 10.9 Å². The Labute approximate surface area is 105 Å². The van der Waals surface area contributed by atoms with Crippen molar-refractivity contribution in [2.75, 3.05) is 17.8 Å². The molecule has 0 bridgehead atoms. The third kappa shape index (κ3) is 5.10. The Morgan fingerprint density at radius 3 is 2.47 bits per heavy atom. The normalized spacial score (nSPS) is 12.6. The molecule has 5 nitrogen and oxygen atoms in total. The van der Waals surface area contributed by atoms with Crippen molar-refractivity contribution in [3.05, 3.63) is 29.8 Å². The number of hydrogen-bond donors (Lipinski definition) is 2. The lowest BCUT2D eigenvalue weighted by Gasteiger charge is -2.02. The number of rotatable bonds is 5. The van der Waals surface area contributed by atoms with Crippen LogP contribution in [0.5, 0.6) is 0 Å². The Bertz CT molecular complexity index is 495. The monoisotopic (exact) mass is 274 g/mol. The Morgan fingerprint density at radius 1 is 1.41 bits per heavy atom. The summed E-state index contributed by atoms with van der Waals surface area (Å²) in [7, 11) is -2.91. The molecular weight excluding hydrogens is 260 g/mol. The van der Waals surface area contributed by atoms with E-state index in [1.54, 1.807) is 24.3 Å². The van der Waals surface area contributed by atoms with Crippen LogP contribution in [-0.4, -0.2) is 37.2 Å². The van der Waals surface area contributed by atoms with Crippen molar-refractivity contribution in [1.82, 2.24) is 0 Å². The van der Waals surface area contributed by atoms with Gasteiger partial charge in [0.15, 0.2) is 5.84 Å². The highest BCUT2D eigenvalue weighted by molar-refractivity contribution is 8.00. The van der Waals surface area contributed by atoms with Crippen molar-refractivity contribution in [3.8, 4) is 0 Å². The highest BCUT2D eigenvalue weighted by atomic mass is 32.2. The predicted octanol–water partition coefficient (Wildman–Crippen LogP) is 0.918. The Balaban J connectivity index is 2.57. The lowest BCUT2D eigenvalue weighted by Crippen LogP contribution is -2.12. The maximum Gasteiger partial charge on any atom is 0.170 e. The van der Waals surface area contributed by atoms with E-state index in [1.165, 1.54) is 18.0 Å². The van der Waals surface area contributed by atoms with Crippen LogP contribution in [0.3, 0.4) is 0 Å². The second kappa shape index (κ2) is 5.92. The molecule has 0 aliphatic rings. The van der Waals surface area contributed by atoms with Gasteiger partial charge in [0.05, 0.1) is 5.75 Å². The molecule has 0 unspecified atom stereocenters. The standard InChI is InChI=1S/C10H14N2O3S2/c1-17(14,15)7-6-16-9-4-2-8(3-5-9)10(11)12-13/h2-5,13H,6-7H2,1H3,(H2,11,12). The van der Waals surface area contributed by atoms with E-state index in [-0.39, 0.29) is 11.6 Å². The fourth-order valence-corrected chi connectivity index (χ4v) is 3.20. The molecule has 7 heteroatoms. The molecule has 0 atom stereocenters. The summed E-state index contributed by atoms with van der Waals surface area (Å²) in [6.07, 6.45) is 1.22. The molecular formula is C10H14N2O3S2. The maximum atomic E-state index is 10.9. The van der Waals surface area contributed by atoms with Crippen molar-refractivity contribution in [3.63, 3.8) is 0 Å². The molecule has 0 radical (unpaired) electrons. The first-order valence-corrected chi connectivity index (χ1v) is 7.85. The van der Waals surface area contributed by atoms with Crippen molar-refractivity contribution < 1.29 is 13.6 Å². The Morgan fingerprint density at radius 2 is 2.00 bits per heavy atom. The predicted molar refractivity (Wildman–Crippen MR) is 69.4 cm³/mol. The van der Waals surface area contributed by atoms with Crippen molar-refractivity contribution in [2.45, 2.75) is 4.90 Å². The van der Waals surface area contributed by atoms with Crippen molar-refractivity contribution >= 4 is 27.4 Å². The van der Waals surface area contributed by atoms with E-state index in [1.807, 2.05) is 0 Å². The molecule has 0 aromatic heterocycles. The third-order valence-corrected chi connectivity index (χ3v) is 4.20. The number of hydrogen-bond acceptors (Lipinski definition) is 5. The molecule has 0 spiro atoms. The summed E-state index contributed by atoms with van der Waals surface area (Å²) < 4.78 is 21.9. The topological polar surface area (TPSA) is 92.8 Å². The van der Waals surface area contributed by atoms with Crippen LogP contribution in [0.15, 0.2) is 34.3 Å². The molecule has 1 aromatic rings. The van der Waals surface area contributed by atoms with Crippen molar-refractivity contribution in [2.24, 2.45) is 10.9 Å². The van der Waals surface area contributed by atoms with Crippen LogP contribution in [0.25, 0.3) is 0 Å². The lowest BCUT2D eigenvalue weighted by atomic mass is 10.2. The minimum Gasteiger partial charge on any atom is -0.409 e.